The number of nitrogens with two attached hydrogens (primary N) is 1. The van der Waals surface area contributed by atoms with Crippen LogP contribution in [0.3, 0.4) is 0 Å². The number of rotatable bonds is 4. The Morgan fingerprint density at radius 1 is 1.38 bits per heavy atom. The molecule has 0 spiro atoms. The van der Waals surface area contributed by atoms with Gasteiger partial charge in [0.05, 0.1) is 0 Å². The summed E-state index contributed by atoms with van der Waals surface area (Å²) in [7, 11) is 0. The predicted octanol–water partition coefficient (Wildman–Crippen LogP) is 2.05. The van der Waals surface area contributed by atoms with E-state index < -0.39 is 0 Å². The molecular weight excluding hydrogens is 162 g/mol. The van der Waals surface area contributed by atoms with Crippen LogP contribution in [0.25, 0.3) is 0 Å². The fraction of sp³-hybridized carbons (Fsp3) is 0.500. The number of nitrogens with zero attached hydrogens (tertiary/aromatic N) is 1. The maximum Gasteiger partial charge on any atom is 0.131 e. The lowest BCUT2D eigenvalue weighted by atomic mass is 10.2. The molecule has 3 nitrogen and oxygen atoms in total. The Bertz CT molecular complexity index is 271. The molecule has 1 aromatic heterocycles. The molecule has 0 aliphatic carbocycles. The second kappa shape index (κ2) is 4.70. The molecule has 72 valence electrons. The van der Waals surface area contributed by atoms with Gasteiger partial charge in [-0.2, -0.15) is 0 Å². The van der Waals surface area contributed by atoms with Gasteiger partial charge in [0, 0.05) is 6.54 Å². The summed E-state index contributed by atoms with van der Waals surface area (Å²) in [5.74, 6) is 1.51. The molecule has 0 unspecified atom stereocenters. The van der Waals surface area contributed by atoms with Gasteiger partial charge >= 0.3 is 0 Å². The van der Waals surface area contributed by atoms with Crippen LogP contribution >= 0.6 is 0 Å². The number of hydrogen-bond acceptors (Lipinski definition) is 3. The van der Waals surface area contributed by atoms with Crippen molar-refractivity contribution >= 4 is 11.6 Å². The van der Waals surface area contributed by atoms with Gasteiger partial charge in [0.25, 0.3) is 0 Å². The molecule has 0 radical (unpaired) electrons. The molecule has 0 saturated carbocycles. The van der Waals surface area contributed by atoms with Crippen LogP contribution in [-0.2, 0) is 6.42 Å². The van der Waals surface area contributed by atoms with Crippen LogP contribution < -0.4 is 11.1 Å². The normalized spacial score (nSPS) is 10.0. The van der Waals surface area contributed by atoms with E-state index in [0.717, 1.165) is 25.2 Å². The van der Waals surface area contributed by atoms with Crippen molar-refractivity contribution in [3.05, 3.63) is 17.7 Å². The number of aryl methyl sites for hydroxylation is 1. The van der Waals surface area contributed by atoms with E-state index in [0.29, 0.717) is 5.82 Å². The highest BCUT2D eigenvalue weighted by atomic mass is 15.0. The van der Waals surface area contributed by atoms with E-state index in [4.69, 9.17) is 5.73 Å². The van der Waals surface area contributed by atoms with E-state index in [1.807, 2.05) is 12.1 Å². The lowest BCUT2D eigenvalue weighted by Gasteiger charge is -2.09. The van der Waals surface area contributed by atoms with Gasteiger partial charge < -0.3 is 11.1 Å². The zero-order chi connectivity index (χ0) is 9.68. The Balaban J connectivity index is 2.81. The van der Waals surface area contributed by atoms with Crippen LogP contribution in [0.5, 0.6) is 0 Å². The SMILES string of the molecule is CCCNc1nc(N)ccc1CC. The molecule has 1 aromatic rings. The van der Waals surface area contributed by atoms with E-state index >= 15 is 0 Å². The summed E-state index contributed by atoms with van der Waals surface area (Å²) < 4.78 is 0. The Labute approximate surface area is 79.4 Å². The number of aromatic nitrogens is 1. The van der Waals surface area contributed by atoms with Crippen LogP contribution in [0, 0.1) is 0 Å². The average molecular weight is 179 g/mol. The van der Waals surface area contributed by atoms with Crippen molar-refractivity contribution in [2.45, 2.75) is 26.7 Å². The summed E-state index contributed by atoms with van der Waals surface area (Å²) in [4.78, 5) is 4.25. The molecule has 0 saturated heterocycles. The number of pyridine rings is 1. The Morgan fingerprint density at radius 3 is 2.77 bits per heavy atom. The fourth-order valence-corrected chi connectivity index (χ4v) is 1.18. The first-order valence-electron chi connectivity index (χ1n) is 4.77. The van der Waals surface area contributed by atoms with Gasteiger partial charge in [-0.25, -0.2) is 4.98 Å². The molecule has 0 bridgehead atoms. The fourth-order valence-electron chi connectivity index (χ4n) is 1.18. The van der Waals surface area contributed by atoms with E-state index in [1.165, 1.54) is 5.56 Å². The molecule has 13 heavy (non-hydrogen) atoms. The van der Waals surface area contributed by atoms with E-state index in [9.17, 15) is 0 Å². The first-order valence-corrected chi connectivity index (χ1v) is 4.77. The maximum atomic E-state index is 5.60. The summed E-state index contributed by atoms with van der Waals surface area (Å²) in [5.41, 5.74) is 6.83. The molecule has 0 aliphatic rings. The lowest BCUT2D eigenvalue weighted by molar-refractivity contribution is 0.959. The third kappa shape index (κ3) is 2.61. The second-order valence-electron chi connectivity index (χ2n) is 3.02. The maximum absolute atomic E-state index is 5.60. The van der Waals surface area contributed by atoms with Crippen molar-refractivity contribution in [2.24, 2.45) is 0 Å². The zero-order valence-corrected chi connectivity index (χ0v) is 8.30. The summed E-state index contributed by atoms with van der Waals surface area (Å²) >= 11 is 0. The molecule has 0 amide bonds. The lowest BCUT2D eigenvalue weighted by Crippen LogP contribution is -2.06. The average Bonchev–Trinajstić information content (AvgIpc) is 2.15. The summed E-state index contributed by atoms with van der Waals surface area (Å²) in [5, 5.41) is 3.26. The first kappa shape index (κ1) is 9.84. The molecule has 0 aromatic carbocycles. The number of hydrogen-bond donors (Lipinski definition) is 2. The molecular formula is C10H17N3. The quantitative estimate of drug-likeness (QED) is 0.743. The third-order valence-corrected chi connectivity index (χ3v) is 1.92. The van der Waals surface area contributed by atoms with Crippen molar-refractivity contribution in [1.82, 2.24) is 4.98 Å². The minimum absolute atomic E-state index is 0.579. The molecule has 0 aliphatic heterocycles. The van der Waals surface area contributed by atoms with Crippen LogP contribution in [-0.4, -0.2) is 11.5 Å². The molecule has 1 heterocycles. The van der Waals surface area contributed by atoms with E-state index in [-0.39, 0.29) is 0 Å². The van der Waals surface area contributed by atoms with Crippen LogP contribution in [0.1, 0.15) is 25.8 Å². The Morgan fingerprint density at radius 2 is 2.15 bits per heavy atom. The number of nitrogen functional groups attached to an aromatic ring is 1. The zero-order valence-electron chi connectivity index (χ0n) is 8.30. The Kier molecular flexibility index (Phi) is 3.55. The van der Waals surface area contributed by atoms with Crippen LogP contribution in [0.4, 0.5) is 11.6 Å². The highest BCUT2D eigenvalue weighted by Gasteiger charge is 2.01. The molecule has 1 rings (SSSR count). The van der Waals surface area contributed by atoms with Gasteiger partial charge in [-0.15, -0.1) is 0 Å². The monoisotopic (exact) mass is 179 g/mol. The van der Waals surface area contributed by atoms with E-state index in [2.05, 4.69) is 24.1 Å². The van der Waals surface area contributed by atoms with Crippen molar-refractivity contribution < 1.29 is 0 Å². The molecule has 0 atom stereocenters. The Hall–Kier alpha value is -1.25. The minimum atomic E-state index is 0.579. The summed E-state index contributed by atoms with van der Waals surface area (Å²) in [6.45, 7) is 5.19. The van der Waals surface area contributed by atoms with Crippen molar-refractivity contribution in [2.75, 3.05) is 17.6 Å². The van der Waals surface area contributed by atoms with Gasteiger partial charge in [-0.1, -0.05) is 19.9 Å². The standard InChI is InChI=1S/C10H17N3/c1-3-7-12-10-8(4-2)5-6-9(11)13-10/h5-6H,3-4,7H2,1-2H3,(H3,11,12,13). The van der Waals surface area contributed by atoms with Gasteiger partial charge in [-0.05, 0) is 24.5 Å². The number of anilines is 2. The minimum Gasteiger partial charge on any atom is -0.384 e. The smallest absolute Gasteiger partial charge is 0.131 e. The van der Waals surface area contributed by atoms with E-state index in [1.54, 1.807) is 0 Å². The van der Waals surface area contributed by atoms with Gasteiger partial charge in [0.2, 0.25) is 0 Å². The van der Waals surface area contributed by atoms with Crippen molar-refractivity contribution in [3.63, 3.8) is 0 Å². The van der Waals surface area contributed by atoms with Gasteiger partial charge in [-0.3, -0.25) is 0 Å². The molecule has 3 heteroatoms. The highest BCUT2D eigenvalue weighted by Crippen LogP contribution is 2.14. The van der Waals surface area contributed by atoms with Crippen molar-refractivity contribution in [3.8, 4) is 0 Å². The largest absolute Gasteiger partial charge is 0.384 e. The molecule has 0 fully saturated rings. The number of nitrogens with one attached hydrogen (secondary N) is 1. The van der Waals surface area contributed by atoms with Crippen LogP contribution in [0.15, 0.2) is 12.1 Å². The highest BCUT2D eigenvalue weighted by molar-refractivity contribution is 5.49. The van der Waals surface area contributed by atoms with Gasteiger partial charge in [0.1, 0.15) is 11.6 Å². The van der Waals surface area contributed by atoms with Crippen molar-refractivity contribution in [1.29, 1.82) is 0 Å². The summed E-state index contributed by atoms with van der Waals surface area (Å²) in [6.07, 6.45) is 2.08. The topological polar surface area (TPSA) is 50.9 Å². The third-order valence-electron chi connectivity index (χ3n) is 1.92. The predicted molar refractivity (Wildman–Crippen MR) is 56.8 cm³/mol. The second-order valence-corrected chi connectivity index (χ2v) is 3.02. The first-order chi connectivity index (χ1) is 6.27. The molecule has 3 N–H and O–H groups in total. The van der Waals surface area contributed by atoms with Gasteiger partial charge in [0.15, 0.2) is 0 Å². The van der Waals surface area contributed by atoms with Crippen LogP contribution in [0.2, 0.25) is 0 Å². The summed E-state index contributed by atoms with van der Waals surface area (Å²) in [6, 6.07) is 3.87.